The van der Waals surface area contributed by atoms with Gasteiger partial charge in [0.15, 0.2) is 34.8 Å². The predicted octanol–water partition coefficient (Wildman–Crippen LogP) is 10.2. The first-order chi connectivity index (χ1) is 48.9. The molecule has 8 aromatic rings. The third-order valence-corrected chi connectivity index (χ3v) is 20.2. The van der Waals surface area contributed by atoms with Crippen LogP contribution >= 0.6 is 15.5 Å². The predicted molar refractivity (Wildman–Crippen MR) is 387 cm³/mol. The van der Waals surface area contributed by atoms with E-state index in [1.54, 1.807) is 73.8 Å². The number of aliphatic hydroxyl groups excluding tert-OH is 2. The number of nitrogens with one attached hydrogen (secondary N) is 3. The van der Waals surface area contributed by atoms with Crippen LogP contribution in [-0.4, -0.2) is 166 Å². The summed E-state index contributed by atoms with van der Waals surface area (Å²) < 4.78 is 90.7. The zero-order valence-electron chi connectivity index (χ0n) is 59.1. The summed E-state index contributed by atoms with van der Waals surface area (Å²) in [7, 11) is -7.19. The third-order valence-electron chi connectivity index (χ3n) is 16.9. The number of benzene rings is 4. The van der Waals surface area contributed by atoms with Crippen LogP contribution < -0.4 is 39.7 Å². The molecule has 30 nitrogen and oxygen atoms in total. The lowest BCUT2D eigenvalue weighted by molar-refractivity contribution is -0.149. The number of allylic oxidation sites excluding steroid dienone is 2. The fourth-order valence-corrected chi connectivity index (χ4v) is 14.3. The normalized spacial score (nSPS) is 22.2. The van der Waals surface area contributed by atoms with Crippen LogP contribution in [0.1, 0.15) is 93.5 Å². The number of imidazole rings is 2. The highest BCUT2D eigenvalue weighted by molar-refractivity contribution is 7.52. The molecule has 2 fully saturated rings. The number of ether oxygens (including phenoxy) is 6. The Hall–Kier alpha value is -8.74. The smallest absolute Gasteiger partial charge is 0.459 e. The SMILES string of the molecule is C=CCCOc1nc(N)nc2c1ncn2C1OC(COP(=O)(N[C@@H](C)C(=O)OCC(C)(C)CC=C)Oc2cccc3ccccc23)[C@@H](O)[C@@]1(C)O.C=CCCOc1nc(NC)nc2c1ncn2C1OC(COP(=O)(N[C@@H](C)C(=O)OCC(C)(C)CC=C)Oc2cccc3ccccc23)[C@@H](O)[C@@]1(C)O. The van der Waals surface area contributed by atoms with Crippen molar-refractivity contribution in [2.45, 2.75) is 141 Å². The molecule has 6 unspecified atom stereocenters. The van der Waals surface area contributed by atoms with Gasteiger partial charge in [0, 0.05) is 28.7 Å². The van der Waals surface area contributed by atoms with E-state index in [-0.39, 0.29) is 82.6 Å². The van der Waals surface area contributed by atoms with Gasteiger partial charge in [0.05, 0.1) is 52.3 Å². The third kappa shape index (κ3) is 18.8. The molecule has 103 heavy (non-hydrogen) atoms. The van der Waals surface area contributed by atoms with Crippen molar-refractivity contribution >= 4 is 83.2 Å². The monoisotopic (exact) mass is 1460 g/mol. The molecule has 12 atom stereocenters. The molecule has 0 aliphatic carbocycles. The lowest BCUT2D eigenvalue weighted by atomic mass is 9.91. The van der Waals surface area contributed by atoms with E-state index in [1.165, 1.54) is 49.5 Å². The highest BCUT2D eigenvalue weighted by atomic mass is 31.2. The number of nitrogens with zero attached hydrogens (tertiary/aromatic N) is 8. The van der Waals surface area contributed by atoms with Crippen LogP contribution in [0.15, 0.2) is 148 Å². The van der Waals surface area contributed by atoms with Gasteiger partial charge < -0.3 is 68.9 Å². The molecular formula is C71H92N12O18P2. The lowest BCUT2D eigenvalue weighted by Crippen LogP contribution is -2.44. The number of esters is 2. The van der Waals surface area contributed by atoms with E-state index >= 15 is 0 Å². The van der Waals surface area contributed by atoms with Gasteiger partial charge in [-0.25, -0.2) is 19.1 Å². The zero-order valence-corrected chi connectivity index (χ0v) is 60.9. The van der Waals surface area contributed by atoms with Crippen LogP contribution in [0.4, 0.5) is 11.9 Å². The van der Waals surface area contributed by atoms with Crippen molar-refractivity contribution in [1.29, 1.82) is 0 Å². The number of hydrogen-bond acceptors (Lipinski definition) is 26. The van der Waals surface area contributed by atoms with Gasteiger partial charge in [0.25, 0.3) is 0 Å². The molecule has 0 radical (unpaired) electrons. The lowest BCUT2D eigenvalue weighted by Gasteiger charge is -2.27. The van der Waals surface area contributed by atoms with Gasteiger partial charge in [-0.2, -0.15) is 30.1 Å². The number of aromatic nitrogens is 8. The Morgan fingerprint density at radius 3 is 1.46 bits per heavy atom. The molecular weight excluding hydrogens is 1370 g/mol. The summed E-state index contributed by atoms with van der Waals surface area (Å²) in [6.45, 7) is 28.1. The Morgan fingerprint density at radius 2 is 1.04 bits per heavy atom. The summed E-state index contributed by atoms with van der Waals surface area (Å²) in [5.74, 6) is -0.434. The second kappa shape index (κ2) is 33.4. The Kier molecular flexibility index (Phi) is 25.4. The highest BCUT2D eigenvalue weighted by Gasteiger charge is 2.56. The number of nitrogens with two attached hydrogens (primary N) is 1. The average molecular weight is 1460 g/mol. The topological polar surface area (TPSA) is 391 Å². The summed E-state index contributed by atoms with van der Waals surface area (Å²) in [5.41, 5.74) is 2.43. The Bertz CT molecular complexity index is 4420. The van der Waals surface area contributed by atoms with Crippen LogP contribution in [-0.2, 0) is 46.7 Å². The van der Waals surface area contributed by atoms with E-state index in [2.05, 4.69) is 71.7 Å². The average Bonchev–Trinajstić information content (AvgIpc) is 1.61. The summed E-state index contributed by atoms with van der Waals surface area (Å²) in [6, 6.07) is 22.9. The molecule has 9 N–H and O–H groups in total. The van der Waals surface area contributed by atoms with Crippen molar-refractivity contribution in [3.8, 4) is 23.3 Å². The molecule has 6 heterocycles. The maximum atomic E-state index is 14.5. The molecule has 32 heteroatoms. The number of nitrogen functional groups attached to an aromatic ring is 1. The van der Waals surface area contributed by atoms with Gasteiger partial charge >= 0.3 is 27.4 Å². The van der Waals surface area contributed by atoms with Crippen LogP contribution in [0.2, 0.25) is 0 Å². The second-order valence-electron chi connectivity index (χ2n) is 26.8. The molecule has 10 rings (SSSR count). The minimum atomic E-state index is -4.42. The maximum Gasteiger partial charge on any atom is 0.459 e. The minimum Gasteiger partial charge on any atom is -0.476 e. The number of anilines is 2. The highest BCUT2D eigenvalue weighted by Crippen LogP contribution is 2.51. The Morgan fingerprint density at radius 1 is 0.631 bits per heavy atom. The first-order valence-corrected chi connectivity index (χ1v) is 36.4. The molecule has 0 saturated carbocycles. The zero-order chi connectivity index (χ0) is 74.7. The summed E-state index contributed by atoms with van der Waals surface area (Å²) >= 11 is 0. The number of rotatable bonds is 35. The molecule has 2 saturated heterocycles. The molecule has 2 aliphatic heterocycles. The van der Waals surface area contributed by atoms with Crippen molar-refractivity contribution in [1.82, 2.24) is 49.2 Å². The Labute approximate surface area is 596 Å². The number of aliphatic hydroxyl groups is 4. The molecule has 554 valence electrons. The Balaban J connectivity index is 0.000000239. The van der Waals surface area contributed by atoms with Crippen LogP contribution in [0.25, 0.3) is 43.9 Å². The van der Waals surface area contributed by atoms with E-state index in [9.17, 15) is 39.1 Å². The first kappa shape index (κ1) is 78.4. The first-order valence-electron chi connectivity index (χ1n) is 33.4. The maximum absolute atomic E-state index is 14.5. The van der Waals surface area contributed by atoms with Gasteiger partial charge in [0.2, 0.25) is 23.7 Å². The quantitative estimate of drug-likeness (QED) is 0.00792. The van der Waals surface area contributed by atoms with Crippen LogP contribution in [0, 0.1) is 10.8 Å². The van der Waals surface area contributed by atoms with Crippen molar-refractivity contribution in [3.05, 3.63) is 148 Å². The van der Waals surface area contributed by atoms with E-state index in [0.717, 1.165) is 10.8 Å². The van der Waals surface area contributed by atoms with Crippen molar-refractivity contribution in [2.75, 3.05) is 57.7 Å². The van der Waals surface area contributed by atoms with E-state index in [0.29, 0.717) is 48.6 Å². The minimum absolute atomic E-state index is 0.0970. The molecule has 0 bridgehead atoms. The molecule has 4 aromatic heterocycles. The van der Waals surface area contributed by atoms with Gasteiger partial charge in [-0.3, -0.25) is 27.8 Å². The number of carbonyl (C=O) groups excluding carboxylic acids is 2. The standard InChI is InChI=1S/C36H47N6O9P.C35H45N6O9P/c1-8-10-19-47-31-28-30(39-34(37-7)40-31)42(22-38-28)33-36(6,45)29(43)27(50-33)20-49-52(46,41-23(3)32(44)48-21-35(4,5)18-9-2)51-26-17-13-15-24-14-11-12-16-25(24)26;1-7-9-18-46-30-27-29(38-33(36)39-30)41(21-37-27)32-35(6,44)28(42)26(49-32)19-48-51(45,40-22(3)31(43)47-20-34(4,5)17-8-2)50-25-16-12-14-23-13-10-11-15-24(23)25/h8-9,11-17,22-23,27,29,33,43,45H,1-2,10,18-21H2,3-7H3,(H,41,46)(H,37,39,40);7-8,10-16,21-22,26,28,32,42,44H,1-2,9,17-20H2,3-6H3,(H,40,45)(H2,36,38,39)/t23-,27?,29+,33?,36+,52?;22-,26?,28+,32?,35+,51?/m00/s1. The van der Waals surface area contributed by atoms with Gasteiger partial charge in [-0.15, -0.1) is 26.3 Å². The van der Waals surface area contributed by atoms with Crippen LogP contribution in [0.5, 0.6) is 23.3 Å². The summed E-state index contributed by atoms with van der Waals surface area (Å²) in [5, 5.41) is 56.9. The fourth-order valence-electron chi connectivity index (χ4n) is 11.3. The molecule has 0 spiro atoms. The van der Waals surface area contributed by atoms with E-state index in [4.69, 9.17) is 52.2 Å². The second-order valence-corrected chi connectivity index (χ2v) is 30.2. The molecule has 0 amide bonds. The number of fused-ring (bicyclic) bond motifs is 4. The van der Waals surface area contributed by atoms with E-state index in [1.807, 2.05) is 70.2 Å². The number of hydrogen-bond donors (Lipinski definition) is 8. The van der Waals surface area contributed by atoms with Crippen LogP contribution in [0.3, 0.4) is 0 Å². The molecule has 4 aromatic carbocycles. The summed E-state index contributed by atoms with van der Waals surface area (Å²) in [6.07, 6.45) is 3.98. The summed E-state index contributed by atoms with van der Waals surface area (Å²) in [4.78, 5) is 52.2. The van der Waals surface area contributed by atoms with E-state index < -0.39 is 101 Å². The van der Waals surface area contributed by atoms with Gasteiger partial charge in [0.1, 0.15) is 59.2 Å². The number of carbonyl (C=O) groups is 2. The van der Waals surface area contributed by atoms with Gasteiger partial charge in [-0.05, 0) is 76.3 Å². The van der Waals surface area contributed by atoms with Crippen molar-refractivity contribution < 1.29 is 85.7 Å². The van der Waals surface area contributed by atoms with Gasteiger partial charge in [-0.1, -0.05) is 125 Å². The molecule has 2 aliphatic rings. The largest absolute Gasteiger partial charge is 0.476 e. The fraction of sp³-hybridized carbons (Fsp3) is 0.437. The van der Waals surface area contributed by atoms with Crippen molar-refractivity contribution in [3.63, 3.8) is 0 Å². The van der Waals surface area contributed by atoms with Crippen molar-refractivity contribution in [2.24, 2.45) is 10.8 Å².